The molecule has 4 rings (SSSR count). The van der Waals surface area contributed by atoms with E-state index in [0.717, 1.165) is 0 Å². The normalized spacial score (nSPS) is 18.5. The second-order valence-corrected chi connectivity index (χ2v) is 6.03. The minimum atomic E-state index is -0.577. The van der Waals surface area contributed by atoms with Crippen molar-refractivity contribution in [3.05, 3.63) is 34.8 Å². The summed E-state index contributed by atoms with van der Waals surface area (Å²) in [4.78, 5) is 50.4. The first kappa shape index (κ1) is 14.7. The zero-order chi connectivity index (χ0) is 16.8. The largest absolute Gasteiger partial charge is 0.420 e. The Kier molecular flexibility index (Phi) is 3.26. The number of amides is 3. The van der Waals surface area contributed by atoms with E-state index in [1.54, 1.807) is 24.3 Å². The van der Waals surface area contributed by atoms with E-state index >= 15 is 0 Å². The fourth-order valence-electron chi connectivity index (χ4n) is 3.22. The Balaban J connectivity index is 1.45. The van der Waals surface area contributed by atoms with Crippen molar-refractivity contribution < 1.29 is 18.8 Å². The van der Waals surface area contributed by atoms with Crippen LogP contribution >= 0.6 is 0 Å². The van der Waals surface area contributed by atoms with Gasteiger partial charge in [0, 0.05) is 25.9 Å². The summed E-state index contributed by atoms with van der Waals surface area (Å²) < 4.78 is 6.39. The Bertz CT molecular complexity index is 890. The second-order valence-electron chi connectivity index (χ2n) is 6.03. The van der Waals surface area contributed by atoms with Gasteiger partial charge in [-0.25, -0.2) is 4.79 Å². The van der Waals surface area contributed by atoms with Crippen LogP contribution in [-0.4, -0.2) is 51.2 Å². The highest BCUT2D eigenvalue weighted by atomic mass is 16.4. The van der Waals surface area contributed by atoms with E-state index in [4.69, 9.17) is 4.42 Å². The number of hydrogen-bond donors (Lipinski definition) is 0. The van der Waals surface area contributed by atoms with Gasteiger partial charge in [-0.2, -0.15) is 0 Å². The maximum atomic E-state index is 12.3. The van der Waals surface area contributed by atoms with Gasteiger partial charge in [0.1, 0.15) is 6.54 Å². The molecule has 0 bridgehead atoms. The summed E-state index contributed by atoms with van der Waals surface area (Å²) in [5.41, 5.74) is 1.00. The van der Waals surface area contributed by atoms with Crippen molar-refractivity contribution in [1.29, 1.82) is 0 Å². The van der Waals surface area contributed by atoms with E-state index in [2.05, 4.69) is 0 Å². The molecule has 24 heavy (non-hydrogen) atoms. The molecule has 0 spiro atoms. The number of carbonyl (C=O) groups excluding carboxylic acids is 3. The minimum absolute atomic E-state index is 0.121. The number of para-hydroxylation sites is 2. The predicted octanol–water partition coefficient (Wildman–Crippen LogP) is -0.0457. The van der Waals surface area contributed by atoms with Crippen molar-refractivity contribution >= 4 is 28.8 Å². The van der Waals surface area contributed by atoms with Gasteiger partial charge < -0.3 is 9.32 Å². The van der Waals surface area contributed by atoms with Crippen molar-refractivity contribution in [1.82, 2.24) is 14.4 Å². The summed E-state index contributed by atoms with van der Waals surface area (Å²) in [5.74, 6) is -1.16. The average molecular weight is 329 g/mol. The smallest absolute Gasteiger partial charge is 0.408 e. The van der Waals surface area contributed by atoms with Gasteiger partial charge in [0.25, 0.3) is 0 Å². The van der Waals surface area contributed by atoms with Gasteiger partial charge in [-0.05, 0) is 12.1 Å². The maximum absolute atomic E-state index is 12.3. The van der Waals surface area contributed by atoms with Crippen LogP contribution < -0.4 is 5.76 Å². The lowest BCUT2D eigenvalue weighted by Crippen LogP contribution is -2.62. The molecule has 0 unspecified atom stereocenters. The molecular weight excluding hydrogens is 314 g/mol. The number of oxazole rings is 1. The van der Waals surface area contributed by atoms with Crippen molar-refractivity contribution in [2.45, 2.75) is 25.4 Å². The Labute approximate surface area is 136 Å². The van der Waals surface area contributed by atoms with Crippen molar-refractivity contribution in [2.24, 2.45) is 0 Å². The van der Waals surface area contributed by atoms with Gasteiger partial charge >= 0.3 is 5.76 Å². The number of fused-ring (bicyclic) bond motifs is 1. The second kappa shape index (κ2) is 5.33. The predicted molar refractivity (Wildman–Crippen MR) is 81.9 cm³/mol. The van der Waals surface area contributed by atoms with Crippen LogP contribution in [0.25, 0.3) is 11.1 Å². The number of rotatable bonds is 3. The minimum Gasteiger partial charge on any atom is -0.408 e. The number of benzene rings is 1. The molecule has 8 nitrogen and oxygen atoms in total. The van der Waals surface area contributed by atoms with E-state index in [1.165, 1.54) is 14.4 Å². The SMILES string of the molecule is O=C(Cn1c(=O)oc2ccccc21)N1CC(N2C(=O)CCC2=O)C1. The molecule has 0 saturated carbocycles. The third-order valence-corrected chi connectivity index (χ3v) is 4.54. The molecule has 1 aromatic carbocycles. The molecule has 0 radical (unpaired) electrons. The maximum Gasteiger partial charge on any atom is 0.420 e. The van der Waals surface area contributed by atoms with Crippen LogP contribution in [0.4, 0.5) is 0 Å². The number of nitrogens with zero attached hydrogens (tertiary/aromatic N) is 3. The van der Waals surface area contributed by atoms with E-state index in [9.17, 15) is 19.2 Å². The first-order chi connectivity index (χ1) is 11.5. The van der Waals surface area contributed by atoms with Gasteiger partial charge in [-0.1, -0.05) is 12.1 Å². The summed E-state index contributed by atoms with van der Waals surface area (Å²) in [7, 11) is 0. The van der Waals surface area contributed by atoms with Gasteiger partial charge in [0.2, 0.25) is 17.7 Å². The van der Waals surface area contributed by atoms with Gasteiger partial charge in [0.15, 0.2) is 5.58 Å². The van der Waals surface area contributed by atoms with Crippen LogP contribution in [0.15, 0.2) is 33.5 Å². The first-order valence-corrected chi connectivity index (χ1v) is 7.75. The third-order valence-electron chi connectivity index (χ3n) is 4.54. The highest BCUT2D eigenvalue weighted by Crippen LogP contribution is 2.22. The number of carbonyl (C=O) groups is 3. The lowest BCUT2D eigenvalue weighted by Gasteiger charge is -2.43. The molecule has 124 valence electrons. The van der Waals surface area contributed by atoms with E-state index in [1.807, 2.05) is 0 Å². The fourth-order valence-corrected chi connectivity index (χ4v) is 3.22. The van der Waals surface area contributed by atoms with Crippen LogP contribution in [0.3, 0.4) is 0 Å². The van der Waals surface area contributed by atoms with Crippen molar-refractivity contribution in [2.75, 3.05) is 13.1 Å². The van der Waals surface area contributed by atoms with E-state index in [0.29, 0.717) is 24.2 Å². The highest BCUT2D eigenvalue weighted by molar-refractivity contribution is 6.02. The lowest BCUT2D eigenvalue weighted by atomic mass is 10.1. The van der Waals surface area contributed by atoms with E-state index < -0.39 is 5.76 Å². The monoisotopic (exact) mass is 329 g/mol. The molecule has 0 N–H and O–H groups in total. The van der Waals surface area contributed by atoms with E-state index in [-0.39, 0.29) is 43.1 Å². The first-order valence-electron chi connectivity index (χ1n) is 7.75. The zero-order valence-corrected chi connectivity index (χ0v) is 12.8. The van der Waals surface area contributed by atoms with Crippen LogP contribution in [0.2, 0.25) is 0 Å². The molecule has 3 amide bonds. The van der Waals surface area contributed by atoms with Gasteiger partial charge in [-0.15, -0.1) is 0 Å². The standard InChI is InChI=1S/C16H15N3O5/c20-13-5-6-14(21)19(13)10-7-17(8-10)15(22)9-18-11-3-1-2-4-12(11)24-16(18)23/h1-4,10H,5-9H2. The molecule has 8 heteroatoms. The van der Waals surface area contributed by atoms with Crippen molar-refractivity contribution in [3.8, 4) is 0 Å². The number of aromatic nitrogens is 1. The number of hydrogen-bond acceptors (Lipinski definition) is 5. The summed E-state index contributed by atoms with van der Waals surface area (Å²) in [6.07, 6.45) is 0.499. The number of imide groups is 1. The summed E-state index contributed by atoms with van der Waals surface area (Å²) in [5, 5.41) is 0. The summed E-state index contributed by atoms with van der Waals surface area (Å²) >= 11 is 0. The Hall–Kier alpha value is -2.90. The molecule has 2 aliphatic heterocycles. The quantitative estimate of drug-likeness (QED) is 0.736. The Morgan fingerprint density at radius 2 is 1.75 bits per heavy atom. The molecular formula is C16H15N3O5. The van der Waals surface area contributed by atoms with Crippen LogP contribution in [0, 0.1) is 0 Å². The summed E-state index contributed by atoms with van der Waals surface area (Å²) in [6, 6.07) is 6.66. The lowest BCUT2D eigenvalue weighted by molar-refractivity contribution is -0.151. The fraction of sp³-hybridized carbons (Fsp3) is 0.375. The van der Waals surface area contributed by atoms with Crippen molar-refractivity contribution in [3.63, 3.8) is 0 Å². The van der Waals surface area contributed by atoms with Crippen LogP contribution in [0.1, 0.15) is 12.8 Å². The molecule has 1 aromatic heterocycles. The number of likely N-dealkylation sites (tertiary alicyclic amines) is 2. The molecule has 3 heterocycles. The molecule has 2 aromatic rings. The van der Waals surface area contributed by atoms with Crippen LogP contribution in [0.5, 0.6) is 0 Å². The topological polar surface area (TPSA) is 92.8 Å². The van der Waals surface area contributed by atoms with Gasteiger partial charge in [-0.3, -0.25) is 23.9 Å². The highest BCUT2D eigenvalue weighted by Gasteiger charge is 2.42. The summed E-state index contributed by atoms with van der Waals surface area (Å²) in [6.45, 7) is 0.520. The Morgan fingerprint density at radius 3 is 2.46 bits per heavy atom. The Morgan fingerprint density at radius 1 is 1.08 bits per heavy atom. The molecule has 2 aliphatic rings. The van der Waals surface area contributed by atoms with Crippen LogP contribution in [-0.2, 0) is 20.9 Å². The van der Waals surface area contributed by atoms with Gasteiger partial charge in [0.05, 0.1) is 11.6 Å². The molecule has 0 aliphatic carbocycles. The third kappa shape index (κ3) is 2.22. The molecule has 2 saturated heterocycles. The molecule has 2 fully saturated rings. The zero-order valence-electron chi connectivity index (χ0n) is 12.8. The molecule has 0 atom stereocenters. The average Bonchev–Trinajstić information content (AvgIpc) is 3.00.